The maximum atomic E-state index is 13.9. The van der Waals surface area contributed by atoms with Crippen LogP contribution in [0.15, 0.2) is 23.2 Å². The summed E-state index contributed by atoms with van der Waals surface area (Å²) in [5.41, 5.74) is 0.291. The highest BCUT2D eigenvalue weighted by atomic mass is 127. The Morgan fingerprint density at radius 1 is 1.34 bits per heavy atom. The van der Waals surface area contributed by atoms with Gasteiger partial charge in [-0.1, -0.05) is 6.07 Å². The summed E-state index contributed by atoms with van der Waals surface area (Å²) in [6.07, 6.45) is 0.812. The summed E-state index contributed by atoms with van der Waals surface area (Å²) >= 11 is 1.79. The Bertz CT molecular complexity index is 680. The molecule has 0 amide bonds. The van der Waals surface area contributed by atoms with E-state index < -0.39 is 5.60 Å². The minimum atomic E-state index is -0.661. The van der Waals surface area contributed by atoms with Gasteiger partial charge in [-0.2, -0.15) is 11.8 Å². The van der Waals surface area contributed by atoms with Gasteiger partial charge in [0.05, 0.1) is 19.3 Å². The molecule has 2 N–H and O–H groups in total. The van der Waals surface area contributed by atoms with Crippen molar-refractivity contribution < 1.29 is 14.2 Å². The molecule has 1 unspecified atom stereocenters. The zero-order chi connectivity index (χ0) is 20.0. The number of aliphatic imine (C=N–C) groups is 1. The van der Waals surface area contributed by atoms with Crippen molar-refractivity contribution in [2.45, 2.75) is 25.5 Å². The van der Waals surface area contributed by atoms with Crippen LogP contribution in [0, 0.1) is 5.82 Å². The molecule has 29 heavy (non-hydrogen) atoms. The Hall–Kier alpha value is -0.780. The first-order valence-electron chi connectivity index (χ1n) is 9.91. The molecule has 2 saturated heterocycles. The molecule has 1 aromatic rings. The lowest BCUT2D eigenvalue weighted by molar-refractivity contribution is 0.0773. The van der Waals surface area contributed by atoms with E-state index in [0.717, 1.165) is 68.7 Å². The van der Waals surface area contributed by atoms with Crippen molar-refractivity contribution in [1.29, 1.82) is 0 Å². The number of benzene rings is 1. The first-order valence-corrected chi connectivity index (χ1v) is 11.1. The van der Waals surface area contributed by atoms with Gasteiger partial charge < -0.3 is 20.1 Å². The topological polar surface area (TPSA) is 60.3 Å². The minimum Gasteiger partial charge on any atom is -0.494 e. The van der Waals surface area contributed by atoms with E-state index >= 15 is 0 Å². The average Bonchev–Trinajstić information content (AvgIpc) is 3.13. The number of aliphatic hydroxyl groups is 1. The van der Waals surface area contributed by atoms with Gasteiger partial charge in [0.15, 0.2) is 17.5 Å². The molecular weight excluding hydrogens is 506 g/mol. The number of nitrogens with zero attached hydrogens (tertiary/aromatic N) is 3. The molecule has 9 heteroatoms. The molecule has 1 atom stereocenters. The molecule has 0 bridgehead atoms. The van der Waals surface area contributed by atoms with E-state index in [2.05, 4.69) is 22.0 Å². The SMILES string of the molecule is CCNC(=NCC1(O)CCSC1)N1CCN(Cc2ccc(OC)c(F)c2)CC1.I. The van der Waals surface area contributed by atoms with E-state index in [1.165, 1.54) is 7.11 Å². The number of hydrogen-bond donors (Lipinski definition) is 2. The van der Waals surface area contributed by atoms with Crippen molar-refractivity contribution >= 4 is 41.7 Å². The third-order valence-corrected chi connectivity index (χ3v) is 6.47. The number of halogens is 2. The van der Waals surface area contributed by atoms with Crippen LogP contribution >= 0.6 is 35.7 Å². The number of guanidine groups is 1. The fraction of sp³-hybridized carbons (Fsp3) is 0.650. The van der Waals surface area contributed by atoms with Gasteiger partial charge >= 0.3 is 0 Å². The van der Waals surface area contributed by atoms with Crippen LogP contribution in [0.5, 0.6) is 5.75 Å². The van der Waals surface area contributed by atoms with Crippen molar-refractivity contribution in [1.82, 2.24) is 15.1 Å². The summed E-state index contributed by atoms with van der Waals surface area (Å²) in [6.45, 7) is 7.53. The van der Waals surface area contributed by atoms with Crippen LogP contribution in [-0.4, -0.2) is 84.4 Å². The van der Waals surface area contributed by atoms with Gasteiger partial charge in [0.2, 0.25) is 0 Å². The van der Waals surface area contributed by atoms with Crippen molar-refractivity contribution in [3.05, 3.63) is 29.6 Å². The summed E-state index contributed by atoms with van der Waals surface area (Å²) in [5.74, 6) is 2.61. The smallest absolute Gasteiger partial charge is 0.194 e. The molecule has 2 heterocycles. The standard InChI is InChI=1S/C20H31FN4O2S.HI/c1-3-22-19(23-14-20(26)6-11-28-15-20)25-9-7-24(8-10-25)13-16-4-5-18(27-2)17(21)12-16;/h4-5,12,26H,3,6-11,13-15H2,1-2H3,(H,22,23);1H. The Morgan fingerprint density at radius 3 is 2.69 bits per heavy atom. The second-order valence-corrected chi connectivity index (χ2v) is 8.53. The number of hydrogen-bond acceptors (Lipinski definition) is 5. The molecule has 1 aromatic carbocycles. The molecule has 0 saturated carbocycles. The molecule has 0 aliphatic carbocycles. The lowest BCUT2D eigenvalue weighted by atomic mass is 10.0. The van der Waals surface area contributed by atoms with Crippen LogP contribution in [0.25, 0.3) is 0 Å². The van der Waals surface area contributed by atoms with E-state index in [1.54, 1.807) is 23.9 Å². The number of thioether (sulfide) groups is 1. The Labute approximate surface area is 194 Å². The maximum Gasteiger partial charge on any atom is 0.194 e. The fourth-order valence-corrected chi connectivity index (χ4v) is 4.84. The summed E-state index contributed by atoms with van der Waals surface area (Å²) in [6, 6.07) is 5.15. The normalized spacial score (nSPS) is 23.0. The lowest BCUT2D eigenvalue weighted by Crippen LogP contribution is -2.52. The van der Waals surface area contributed by atoms with Crippen LogP contribution in [-0.2, 0) is 6.54 Å². The summed E-state index contributed by atoms with van der Waals surface area (Å²) < 4.78 is 18.9. The summed E-state index contributed by atoms with van der Waals surface area (Å²) in [4.78, 5) is 9.29. The Balaban J connectivity index is 0.00000300. The largest absolute Gasteiger partial charge is 0.494 e. The number of nitrogens with one attached hydrogen (secondary N) is 1. The molecule has 2 aliphatic rings. The van der Waals surface area contributed by atoms with E-state index in [4.69, 9.17) is 9.73 Å². The second-order valence-electron chi connectivity index (χ2n) is 7.43. The number of rotatable bonds is 6. The average molecular weight is 538 g/mol. The minimum absolute atomic E-state index is 0. The van der Waals surface area contributed by atoms with Crippen LogP contribution in [0.2, 0.25) is 0 Å². The van der Waals surface area contributed by atoms with Gasteiger partial charge in [0.25, 0.3) is 0 Å². The highest BCUT2D eigenvalue weighted by Crippen LogP contribution is 2.28. The fourth-order valence-electron chi connectivity index (χ4n) is 3.55. The third-order valence-electron chi connectivity index (χ3n) is 5.23. The predicted octanol–water partition coefficient (Wildman–Crippen LogP) is 2.40. The van der Waals surface area contributed by atoms with Gasteiger partial charge in [-0.3, -0.25) is 9.89 Å². The summed E-state index contributed by atoms with van der Waals surface area (Å²) in [5, 5.41) is 13.9. The highest BCUT2D eigenvalue weighted by molar-refractivity contribution is 14.0. The van der Waals surface area contributed by atoms with Gasteiger partial charge in [0.1, 0.15) is 0 Å². The molecule has 0 radical (unpaired) electrons. The molecule has 2 aliphatic heterocycles. The molecular formula is C20H32FIN4O2S. The maximum absolute atomic E-state index is 13.9. The molecule has 0 spiro atoms. The van der Waals surface area contributed by atoms with Gasteiger partial charge in [-0.15, -0.1) is 24.0 Å². The number of ether oxygens (including phenoxy) is 1. The van der Waals surface area contributed by atoms with Crippen LogP contribution in [0.1, 0.15) is 18.9 Å². The van der Waals surface area contributed by atoms with Gasteiger partial charge in [-0.05, 0) is 36.8 Å². The molecule has 2 fully saturated rings. The van der Waals surface area contributed by atoms with E-state index in [9.17, 15) is 9.50 Å². The van der Waals surface area contributed by atoms with Crippen LogP contribution in [0.4, 0.5) is 4.39 Å². The first-order chi connectivity index (χ1) is 13.5. The second kappa shape index (κ2) is 11.6. The number of methoxy groups -OCH3 is 1. The molecule has 6 nitrogen and oxygen atoms in total. The van der Waals surface area contributed by atoms with Crippen molar-refractivity contribution in [3.8, 4) is 5.75 Å². The van der Waals surface area contributed by atoms with E-state index in [-0.39, 0.29) is 35.5 Å². The van der Waals surface area contributed by atoms with Crippen molar-refractivity contribution in [2.24, 2.45) is 4.99 Å². The molecule has 3 rings (SSSR count). The Morgan fingerprint density at radius 2 is 2.10 bits per heavy atom. The zero-order valence-electron chi connectivity index (χ0n) is 17.2. The van der Waals surface area contributed by atoms with Gasteiger partial charge in [0, 0.05) is 45.0 Å². The van der Waals surface area contributed by atoms with E-state index in [1.807, 2.05) is 6.07 Å². The first kappa shape index (κ1) is 24.5. The third kappa shape index (κ3) is 6.86. The van der Waals surface area contributed by atoms with Crippen molar-refractivity contribution in [3.63, 3.8) is 0 Å². The predicted molar refractivity (Wildman–Crippen MR) is 128 cm³/mol. The van der Waals surface area contributed by atoms with Crippen molar-refractivity contribution in [2.75, 3.05) is 57.9 Å². The van der Waals surface area contributed by atoms with Crippen LogP contribution in [0.3, 0.4) is 0 Å². The Kier molecular flexibility index (Phi) is 9.77. The lowest BCUT2D eigenvalue weighted by Gasteiger charge is -2.37. The zero-order valence-corrected chi connectivity index (χ0v) is 20.3. The van der Waals surface area contributed by atoms with E-state index in [0.29, 0.717) is 6.54 Å². The quantitative estimate of drug-likeness (QED) is 0.330. The number of piperazine rings is 1. The molecule has 164 valence electrons. The molecule has 0 aromatic heterocycles. The van der Waals surface area contributed by atoms with Crippen LogP contribution < -0.4 is 10.1 Å². The van der Waals surface area contributed by atoms with Gasteiger partial charge in [-0.25, -0.2) is 4.39 Å². The summed E-state index contributed by atoms with van der Waals surface area (Å²) in [7, 11) is 1.48. The monoisotopic (exact) mass is 538 g/mol. The highest BCUT2D eigenvalue weighted by Gasteiger charge is 2.32.